The van der Waals surface area contributed by atoms with Crippen LogP contribution in [0.15, 0.2) is 23.3 Å². The number of rotatable bonds is 7. The fourth-order valence-corrected chi connectivity index (χ4v) is 3.96. The minimum atomic E-state index is 0. The maximum atomic E-state index is 6.05. The molecule has 1 saturated carbocycles. The molecule has 3 N–H and O–H groups in total. The number of likely N-dealkylation sites (tertiary alicyclic amines) is 1. The van der Waals surface area contributed by atoms with Crippen molar-refractivity contribution in [1.29, 1.82) is 0 Å². The molecule has 1 aliphatic carbocycles. The molecule has 0 bridgehead atoms. The lowest BCUT2D eigenvalue weighted by molar-refractivity contribution is 0.148. The molecule has 2 heterocycles. The van der Waals surface area contributed by atoms with Gasteiger partial charge in [-0.2, -0.15) is 0 Å². The average Bonchev–Trinajstić information content (AvgIpc) is 3.13. The van der Waals surface area contributed by atoms with E-state index in [1.807, 2.05) is 12.1 Å². The number of guanidine groups is 1. The third-order valence-electron chi connectivity index (χ3n) is 5.49. The van der Waals surface area contributed by atoms with Crippen molar-refractivity contribution in [3.8, 4) is 5.88 Å². The zero-order chi connectivity index (χ0) is 18.2. The number of hydrogen-bond acceptors (Lipinski definition) is 4. The van der Waals surface area contributed by atoms with Gasteiger partial charge in [-0.3, -0.25) is 4.90 Å². The highest BCUT2D eigenvalue weighted by molar-refractivity contribution is 14.0. The van der Waals surface area contributed by atoms with E-state index in [0.717, 1.165) is 31.5 Å². The van der Waals surface area contributed by atoms with E-state index >= 15 is 0 Å². The highest BCUT2D eigenvalue weighted by Crippen LogP contribution is 2.22. The van der Waals surface area contributed by atoms with Crippen molar-refractivity contribution in [2.75, 3.05) is 19.6 Å². The van der Waals surface area contributed by atoms with Gasteiger partial charge in [0.2, 0.25) is 5.88 Å². The lowest BCUT2D eigenvalue weighted by atomic mass is 9.98. The molecule has 1 aromatic rings. The van der Waals surface area contributed by atoms with Gasteiger partial charge in [0.25, 0.3) is 0 Å². The molecule has 3 rings (SSSR count). The van der Waals surface area contributed by atoms with Crippen molar-refractivity contribution < 1.29 is 4.74 Å². The van der Waals surface area contributed by atoms with Crippen LogP contribution in [-0.2, 0) is 6.54 Å². The molecule has 6 nitrogen and oxygen atoms in total. The van der Waals surface area contributed by atoms with Crippen LogP contribution in [0.3, 0.4) is 0 Å². The van der Waals surface area contributed by atoms with Crippen LogP contribution in [0, 0.1) is 0 Å². The van der Waals surface area contributed by atoms with E-state index in [2.05, 4.69) is 27.1 Å². The molecule has 152 valence electrons. The number of aliphatic imine (C=N–C) groups is 1. The summed E-state index contributed by atoms with van der Waals surface area (Å²) in [5.41, 5.74) is 7.12. The van der Waals surface area contributed by atoms with E-state index < -0.39 is 0 Å². The van der Waals surface area contributed by atoms with E-state index in [0.29, 0.717) is 30.5 Å². The molecule has 27 heavy (non-hydrogen) atoms. The molecule has 1 unspecified atom stereocenters. The molecule has 2 fully saturated rings. The Morgan fingerprint density at radius 1 is 1.30 bits per heavy atom. The molecule has 1 saturated heterocycles. The van der Waals surface area contributed by atoms with Crippen LogP contribution in [0.25, 0.3) is 0 Å². The quantitative estimate of drug-likeness (QED) is 0.351. The lowest BCUT2D eigenvalue weighted by Gasteiger charge is -2.23. The fraction of sp³-hybridized carbons (Fsp3) is 0.700. The first-order chi connectivity index (χ1) is 12.7. The molecule has 0 amide bonds. The predicted octanol–water partition coefficient (Wildman–Crippen LogP) is 3.30. The Morgan fingerprint density at radius 2 is 2.11 bits per heavy atom. The second-order valence-electron chi connectivity index (χ2n) is 7.39. The average molecular weight is 487 g/mol. The van der Waals surface area contributed by atoms with E-state index in [1.54, 1.807) is 6.20 Å². The molecule has 7 heteroatoms. The summed E-state index contributed by atoms with van der Waals surface area (Å²) in [5, 5.41) is 3.28. The number of nitrogens with one attached hydrogen (secondary N) is 1. The van der Waals surface area contributed by atoms with Crippen molar-refractivity contribution in [3.05, 3.63) is 23.9 Å². The molecule has 1 atom stereocenters. The summed E-state index contributed by atoms with van der Waals surface area (Å²) in [5.74, 6) is 1.22. The first kappa shape index (κ1) is 22.2. The summed E-state index contributed by atoms with van der Waals surface area (Å²) < 4.78 is 6.03. The van der Waals surface area contributed by atoms with E-state index in [-0.39, 0.29) is 24.0 Å². The number of aromatic nitrogens is 1. The van der Waals surface area contributed by atoms with Gasteiger partial charge >= 0.3 is 0 Å². The number of likely N-dealkylation sites (N-methyl/N-ethyl adjacent to an activating group) is 1. The van der Waals surface area contributed by atoms with Gasteiger partial charge in [-0.25, -0.2) is 9.98 Å². The number of nitrogens with two attached hydrogens (primary N) is 1. The maximum Gasteiger partial charge on any atom is 0.213 e. The van der Waals surface area contributed by atoms with Crippen molar-refractivity contribution in [1.82, 2.24) is 15.2 Å². The van der Waals surface area contributed by atoms with Crippen molar-refractivity contribution in [2.45, 2.75) is 70.6 Å². The lowest BCUT2D eigenvalue weighted by Crippen LogP contribution is -2.42. The number of nitrogens with zero attached hydrogens (tertiary/aromatic N) is 3. The van der Waals surface area contributed by atoms with E-state index in [1.165, 1.54) is 38.6 Å². The Hall–Kier alpha value is -1.09. The number of ether oxygens (including phenoxy) is 1. The van der Waals surface area contributed by atoms with Gasteiger partial charge in [0.05, 0.1) is 6.54 Å². The zero-order valence-electron chi connectivity index (χ0n) is 16.4. The smallest absolute Gasteiger partial charge is 0.213 e. The molecule has 1 aromatic heterocycles. The second kappa shape index (κ2) is 11.7. The highest BCUT2D eigenvalue weighted by Gasteiger charge is 2.22. The third-order valence-corrected chi connectivity index (χ3v) is 5.49. The monoisotopic (exact) mass is 487 g/mol. The molecular formula is C20H34IN5O. The summed E-state index contributed by atoms with van der Waals surface area (Å²) in [6.45, 7) is 5.93. The summed E-state index contributed by atoms with van der Waals surface area (Å²) >= 11 is 0. The van der Waals surface area contributed by atoms with Crippen LogP contribution >= 0.6 is 24.0 Å². The third kappa shape index (κ3) is 7.10. The minimum Gasteiger partial charge on any atom is -0.474 e. The van der Waals surface area contributed by atoms with Gasteiger partial charge < -0.3 is 15.8 Å². The Labute approximate surface area is 180 Å². The second-order valence-corrected chi connectivity index (χ2v) is 7.39. The van der Waals surface area contributed by atoms with Crippen molar-refractivity contribution in [2.24, 2.45) is 10.7 Å². The first-order valence-electron chi connectivity index (χ1n) is 10.1. The maximum absolute atomic E-state index is 6.05. The normalized spacial score (nSPS) is 21.7. The highest BCUT2D eigenvalue weighted by atomic mass is 127. The number of halogens is 1. The fourth-order valence-electron chi connectivity index (χ4n) is 3.96. The zero-order valence-corrected chi connectivity index (χ0v) is 18.7. The predicted molar refractivity (Wildman–Crippen MR) is 121 cm³/mol. The first-order valence-corrected chi connectivity index (χ1v) is 10.1. The van der Waals surface area contributed by atoms with E-state index in [9.17, 15) is 0 Å². The Morgan fingerprint density at radius 3 is 2.89 bits per heavy atom. The molecule has 2 aliphatic rings. The summed E-state index contributed by atoms with van der Waals surface area (Å²) in [6.07, 6.45) is 10.7. The molecule has 0 radical (unpaired) electrons. The number of hydrogen-bond donors (Lipinski definition) is 2. The Balaban J connectivity index is 0.00000261. The van der Waals surface area contributed by atoms with Crippen LogP contribution in [0.2, 0.25) is 0 Å². The largest absolute Gasteiger partial charge is 0.474 e. The van der Waals surface area contributed by atoms with E-state index in [4.69, 9.17) is 10.5 Å². The van der Waals surface area contributed by atoms with Crippen LogP contribution in [-0.4, -0.2) is 47.6 Å². The van der Waals surface area contributed by atoms with Gasteiger partial charge in [0.1, 0.15) is 6.10 Å². The van der Waals surface area contributed by atoms with Crippen molar-refractivity contribution in [3.63, 3.8) is 0 Å². The number of pyridine rings is 1. The minimum absolute atomic E-state index is 0. The summed E-state index contributed by atoms with van der Waals surface area (Å²) in [4.78, 5) is 11.3. The summed E-state index contributed by atoms with van der Waals surface area (Å²) in [7, 11) is 0. The SMILES string of the molecule is CCN1CCCC1CNC(N)=NCc1ccnc(OC2CCCCC2)c1.I. The topological polar surface area (TPSA) is 75.8 Å². The molecule has 0 spiro atoms. The molecular weight excluding hydrogens is 453 g/mol. The molecule has 0 aromatic carbocycles. The van der Waals surface area contributed by atoms with Crippen molar-refractivity contribution >= 4 is 29.9 Å². The summed E-state index contributed by atoms with van der Waals surface area (Å²) in [6, 6.07) is 4.53. The van der Waals surface area contributed by atoms with Gasteiger partial charge in [-0.15, -0.1) is 24.0 Å². The van der Waals surface area contributed by atoms with Gasteiger partial charge in [-0.05, 0) is 63.2 Å². The van der Waals surface area contributed by atoms with Crippen LogP contribution in [0.1, 0.15) is 57.4 Å². The standard InChI is InChI=1S/C20H33N5O.HI/c1-2-25-12-6-7-17(25)15-24-20(21)23-14-16-10-11-22-19(13-16)26-18-8-4-3-5-9-18;/h10-11,13,17-18H,2-9,12,14-15H2,1H3,(H3,21,23,24);1H. The van der Waals surface area contributed by atoms with Gasteiger partial charge in [0.15, 0.2) is 5.96 Å². The van der Waals surface area contributed by atoms with Gasteiger partial charge in [0, 0.05) is 24.8 Å². The van der Waals surface area contributed by atoms with Crippen LogP contribution in [0.4, 0.5) is 0 Å². The molecule has 1 aliphatic heterocycles. The Bertz CT molecular complexity index is 591. The Kier molecular flexibility index (Phi) is 9.61. The van der Waals surface area contributed by atoms with Crippen LogP contribution < -0.4 is 15.8 Å². The van der Waals surface area contributed by atoms with Gasteiger partial charge in [-0.1, -0.05) is 13.3 Å². The van der Waals surface area contributed by atoms with Crippen LogP contribution in [0.5, 0.6) is 5.88 Å².